The molecule has 0 aliphatic rings. The number of ether oxygens (including phenoxy) is 1. The van der Waals surface area contributed by atoms with Crippen molar-refractivity contribution >= 4 is 51.0 Å². The number of fused-ring (bicyclic) bond motifs is 2. The Bertz CT molecular complexity index is 1470. The van der Waals surface area contributed by atoms with E-state index in [4.69, 9.17) is 27.8 Å². The normalized spacial score (nSPS) is 11.2. The van der Waals surface area contributed by atoms with Crippen LogP contribution in [0.25, 0.3) is 27.6 Å². The molecule has 9 nitrogen and oxygen atoms in total. The monoisotopic (exact) mass is 446 g/mol. The van der Waals surface area contributed by atoms with Gasteiger partial charge in [-0.25, -0.2) is 19.9 Å². The van der Waals surface area contributed by atoms with Crippen LogP contribution >= 0.6 is 11.6 Å². The summed E-state index contributed by atoms with van der Waals surface area (Å²) in [7, 11) is 1.83. The molecule has 0 saturated heterocycles. The van der Waals surface area contributed by atoms with E-state index in [1.54, 1.807) is 17.0 Å². The lowest BCUT2D eigenvalue weighted by atomic mass is 10.2. The highest BCUT2D eigenvalue weighted by Crippen LogP contribution is 2.31. The van der Waals surface area contributed by atoms with Crippen LogP contribution in [0, 0.1) is 0 Å². The zero-order chi connectivity index (χ0) is 22.2. The van der Waals surface area contributed by atoms with Crippen LogP contribution < -0.4 is 21.5 Å². The van der Waals surface area contributed by atoms with Crippen molar-refractivity contribution in [2.75, 3.05) is 23.8 Å². The maximum Gasteiger partial charge on any atom is 0.151 e. The lowest BCUT2D eigenvalue weighted by Gasteiger charge is -2.11. The van der Waals surface area contributed by atoms with Crippen LogP contribution in [0.15, 0.2) is 55.1 Å². The van der Waals surface area contributed by atoms with Crippen molar-refractivity contribution in [2.45, 2.75) is 6.61 Å². The van der Waals surface area contributed by atoms with Crippen LogP contribution in [0.5, 0.6) is 5.75 Å². The van der Waals surface area contributed by atoms with Crippen LogP contribution in [0.3, 0.4) is 0 Å². The van der Waals surface area contributed by atoms with Crippen molar-refractivity contribution in [3.8, 4) is 11.4 Å². The number of anilines is 3. The van der Waals surface area contributed by atoms with Crippen molar-refractivity contribution in [3.63, 3.8) is 0 Å². The van der Waals surface area contributed by atoms with Crippen molar-refractivity contribution in [2.24, 2.45) is 0 Å². The minimum atomic E-state index is 0.230. The Kier molecular flexibility index (Phi) is 4.87. The minimum Gasteiger partial charge on any atom is -0.489 e. The number of nitrogen functional groups attached to an aromatic ring is 2. The molecule has 0 unspecified atom stereocenters. The number of aromatic nitrogens is 5. The Morgan fingerprint density at radius 3 is 2.75 bits per heavy atom. The van der Waals surface area contributed by atoms with Crippen molar-refractivity contribution in [3.05, 3.63) is 65.7 Å². The average Bonchev–Trinajstić information content (AvgIpc) is 3.15. The largest absolute Gasteiger partial charge is 0.489 e. The molecule has 0 atom stereocenters. The second kappa shape index (κ2) is 7.86. The molecule has 160 valence electrons. The minimum absolute atomic E-state index is 0.230. The lowest BCUT2D eigenvalue weighted by Crippen LogP contribution is -2.05. The zero-order valence-electron chi connectivity index (χ0n) is 17.1. The van der Waals surface area contributed by atoms with E-state index in [9.17, 15) is 0 Å². The molecule has 5 aromatic rings. The van der Waals surface area contributed by atoms with E-state index in [1.807, 2.05) is 43.4 Å². The molecule has 4 aromatic heterocycles. The summed E-state index contributed by atoms with van der Waals surface area (Å²) >= 11 is 6.35. The maximum atomic E-state index is 6.35. The third kappa shape index (κ3) is 3.48. The number of hydrogen-bond donors (Lipinski definition) is 3. The van der Waals surface area contributed by atoms with Crippen LogP contribution in [0.4, 0.5) is 17.5 Å². The molecule has 5 rings (SSSR count). The highest BCUT2D eigenvalue weighted by atomic mass is 35.5. The van der Waals surface area contributed by atoms with E-state index >= 15 is 0 Å². The van der Waals surface area contributed by atoms with E-state index in [1.165, 1.54) is 6.33 Å². The third-order valence-electron chi connectivity index (χ3n) is 5.15. The maximum absolute atomic E-state index is 6.35. The molecule has 0 aliphatic carbocycles. The summed E-state index contributed by atoms with van der Waals surface area (Å²) in [6.45, 7) is 0.230. The fourth-order valence-electron chi connectivity index (χ4n) is 3.48. The molecule has 0 bridgehead atoms. The number of halogens is 1. The summed E-state index contributed by atoms with van der Waals surface area (Å²) in [5.41, 5.74) is 14.9. The molecule has 32 heavy (non-hydrogen) atoms. The second-order valence-corrected chi connectivity index (χ2v) is 7.54. The number of pyridine rings is 2. The first-order valence-electron chi connectivity index (χ1n) is 9.76. The van der Waals surface area contributed by atoms with Crippen LogP contribution in [0.1, 0.15) is 5.56 Å². The van der Waals surface area contributed by atoms with Gasteiger partial charge in [-0.05, 0) is 30.3 Å². The molecule has 4 heterocycles. The number of benzene rings is 1. The van der Waals surface area contributed by atoms with Gasteiger partial charge in [0, 0.05) is 30.3 Å². The fraction of sp³-hybridized carbons (Fsp3) is 0.0909. The fourth-order valence-corrected chi connectivity index (χ4v) is 3.76. The Balaban J connectivity index is 1.45. The molecule has 1 aromatic carbocycles. The smallest absolute Gasteiger partial charge is 0.151 e. The average molecular weight is 447 g/mol. The van der Waals surface area contributed by atoms with E-state index < -0.39 is 0 Å². The van der Waals surface area contributed by atoms with Gasteiger partial charge in [-0.1, -0.05) is 11.6 Å². The number of hydrogen-bond acceptors (Lipinski definition) is 8. The van der Waals surface area contributed by atoms with Gasteiger partial charge >= 0.3 is 0 Å². The lowest BCUT2D eigenvalue weighted by molar-refractivity contribution is 0.307. The first-order valence-corrected chi connectivity index (χ1v) is 10.1. The van der Waals surface area contributed by atoms with Gasteiger partial charge in [0.15, 0.2) is 5.65 Å². The Labute approximate surface area is 188 Å². The Hall–Kier alpha value is -4.11. The number of nitrogens with one attached hydrogen (secondary N) is 1. The summed E-state index contributed by atoms with van der Waals surface area (Å²) in [6.07, 6.45) is 4.77. The summed E-state index contributed by atoms with van der Waals surface area (Å²) in [6, 6.07) is 11.6. The third-order valence-corrected chi connectivity index (χ3v) is 5.43. The summed E-state index contributed by atoms with van der Waals surface area (Å²) in [4.78, 5) is 17.2. The predicted octanol–water partition coefficient (Wildman–Crippen LogP) is 3.80. The quantitative estimate of drug-likeness (QED) is 0.371. The van der Waals surface area contributed by atoms with Crippen LogP contribution in [-0.2, 0) is 6.61 Å². The number of nitrogens with zero attached hydrogens (tertiary/aromatic N) is 5. The Morgan fingerprint density at radius 1 is 1.06 bits per heavy atom. The van der Waals surface area contributed by atoms with Gasteiger partial charge in [0.1, 0.15) is 36.1 Å². The summed E-state index contributed by atoms with van der Waals surface area (Å²) in [5.74, 6) is 2.16. The van der Waals surface area contributed by atoms with Gasteiger partial charge in [0.05, 0.1) is 27.8 Å². The molecular weight excluding hydrogens is 428 g/mol. The van der Waals surface area contributed by atoms with Crippen LogP contribution in [0.2, 0.25) is 5.02 Å². The topological polar surface area (TPSA) is 130 Å². The van der Waals surface area contributed by atoms with E-state index in [0.717, 1.165) is 28.0 Å². The van der Waals surface area contributed by atoms with Crippen molar-refractivity contribution < 1.29 is 4.74 Å². The van der Waals surface area contributed by atoms with E-state index in [-0.39, 0.29) is 6.61 Å². The van der Waals surface area contributed by atoms with Gasteiger partial charge < -0.3 is 21.5 Å². The highest BCUT2D eigenvalue weighted by molar-refractivity contribution is 6.36. The molecule has 0 saturated carbocycles. The highest BCUT2D eigenvalue weighted by Gasteiger charge is 2.15. The zero-order valence-corrected chi connectivity index (χ0v) is 17.8. The van der Waals surface area contributed by atoms with Crippen LogP contribution in [-0.4, -0.2) is 31.6 Å². The SMILES string of the molecule is CNc1ccc2ccc(OCc3cc(-n4cc(Cl)c5c(N)ncnc54)cnc3N)cc2n1. The molecular formula is C22H19ClN8O. The van der Waals surface area contributed by atoms with Crippen molar-refractivity contribution in [1.29, 1.82) is 0 Å². The molecule has 0 aliphatic heterocycles. The molecule has 0 radical (unpaired) electrons. The first-order chi connectivity index (χ1) is 15.5. The number of rotatable bonds is 5. The summed E-state index contributed by atoms with van der Waals surface area (Å²) < 4.78 is 7.79. The van der Waals surface area contributed by atoms with E-state index in [0.29, 0.717) is 33.4 Å². The first kappa shape index (κ1) is 19.8. The van der Waals surface area contributed by atoms with E-state index in [2.05, 4.69) is 25.3 Å². The standard InChI is InChI=1S/C22H19ClN8O/c1-26-18-5-3-12-2-4-15(7-17(12)30-18)32-10-13-6-14(8-27-20(13)24)31-9-16(23)19-21(25)28-11-29-22(19)31/h2-9,11H,10H2,1H3,(H2,24,27)(H,26,30)(H2,25,28,29). The molecule has 0 spiro atoms. The summed E-state index contributed by atoms with van der Waals surface area (Å²) in [5, 5.41) is 5.11. The Morgan fingerprint density at radius 2 is 1.91 bits per heavy atom. The van der Waals surface area contributed by atoms with Gasteiger partial charge in [-0.15, -0.1) is 0 Å². The molecule has 5 N–H and O–H groups in total. The van der Waals surface area contributed by atoms with Gasteiger partial charge in [-0.2, -0.15) is 0 Å². The molecule has 0 fully saturated rings. The van der Waals surface area contributed by atoms with Gasteiger partial charge in [-0.3, -0.25) is 4.57 Å². The molecule has 10 heteroatoms. The second-order valence-electron chi connectivity index (χ2n) is 7.13. The van der Waals surface area contributed by atoms with Gasteiger partial charge in [0.2, 0.25) is 0 Å². The number of nitrogens with two attached hydrogens (primary N) is 2. The predicted molar refractivity (Wildman–Crippen MR) is 126 cm³/mol. The van der Waals surface area contributed by atoms with Gasteiger partial charge in [0.25, 0.3) is 0 Å². The van der Waals surface area contributed by atoms with Crippen molar-refractivity contribution in [1.82, 2.24) is 24.5 Å². The molecule has 0 amide bonds.